The van der Waals surface area contributed by atoms with Crippen LogP contribution in [-0.2, 0) is 4.52 Å². The predicted octanol–water partition coefficient (Wildman–Crippen LogP) is 6.41. The number of hydrogen-bond acceptors (Lipinski definition) is 3. The Bertz CT molecular complexity index is 1420. The van der Waals surface area contributed by atoms with Crippen LogP contribution in [0.2, 0.25) is 0 Å². The number of para-hydroxylation sites is 1. The summed E-state index contributed by atoms with van der Waals surface area (Å²) in [4.78, 5) is 0. The molecule has 0 aliphatic rings. The van der Waals surface area contributed by atoms with Crippen molar-refractivity contribution in [2.45, 2.75) is 19.1 Å². The van der Waals surface area contributed by atoms with E-state index < -0.39 is 16.2 Å². The summed E-state index contributed by atoms with van der Waals surface area (Å²) in [6, 6.07) is 51.1. The van der Waals surface area contributed by atoms with Gasteiger partial charge >= 0.3 is 0 Å². The molecular formula is C35H35B2NO2P2. The van der Waals surface area contributed by atoms with Gasteiger partial charge in [-0.25, -0.2) is 0 Å². The quantitative estimate of drug-likeness (QED) is 0.132. The zero-order valence-corrected chi connectivity index (χ0v) is 26.1. The highest BCUT2D eigenvalue weighted by Gasteiger charge is 2.34. The van der Waals surface area contributed by atoms with E-state index in [9.17, 15) is 0 Å². The maximum absolute atomic E-state index is 7.27. The number of likely N-dealkylation sites (N-methyl/N-ethyl adjacent to an activating group) is 1. The van der Waals surface area contributed by atoms with Crippen molar-refractivity contribution < 1.29 is 9.26 Å². The minimum atomic E-state index is -1.05. The van der Waals surface area contributed by atoms with Crippen molar-refractivity contribution in [3.8, 4) is 5.75 Å². The minimum absolute atomic E-state index is 0. The number of methoxy groups -OCH3 is 1. The van der Waals surface area contributed by atoms with E-state index in [4.69, 9.17) is 9.26 Å². The van der Waals surface area contributed by atoms with Crippen LogP contribution in [0.1, 0.15) is 18.6 Å². The summed E-state index contributed by atoms with van der Waals surface area (Å²) in [5.41, 5.74) is 1.17. The first-order valence-corrected chi connectivity index (χ1v) is 16.1. The summed E-state index contributed by atoms with van der Waals surface area (Å²) in [5.74, 6) is 0.907. The summed E-state index contributed by atoms with van der Waals surface area (Å²) in [7, 11) is 2.03. The van der Waals surface area contributed by atoms with Gasteiger partial charge in [0.05, 0.1) is 15.3 Å². The lowest BCUT2D eigenvalue weighted by molar-refractivity contribution is 0.154. The van der Waals surface area contributed by atoms with E-state index in [-0.39, 0.29) is 29.0 Å². The third-order valence-corrected chi connectivity index (χ3v) is 11.6. The highest BCUT2D eigenvalue weighted by Crippen LogP contribution is 2.48. The van der Waals surface area contributed by atoms with Crippen LogP contribution in [0.5, 0.6) is 5.75 Å². The normalized spacial score (nSPS) is 13.0. The van der Waals surface area contributed by atoms with E-state index >= 15 is 0 Å². The molecule has 0 aliphatic heterocycles. The van der Waals surface area contributed by atoms with Crippen molar-refractivity contribution in [2.75, 3.05) is 14.2 Å². The van der Waals surface area contributed by atoms with Crippen molar-refractivity contribution in [2.24, 2.45) is 0 Å². The van der Waals surface area contributed by atoms with Gasteiger partial charge in [-0.05, 0) is 37.0 Å². The van der Waals surface area contributed by atoms with Gasteiger partial charge in [-0.2, -0.15) is 0 Å². The molecule has 5 aromatic rings. The van der Waals surface area contributed by atoms with Crippen LogP contribution in [0, 0.1) is 0 Å². The number of benzene rings is 5. The predicted molar refractivity (Wildman–Crippen MR) is 184 cm³/mol. The Balaban J connectivity index is 0.00000242. The second kappa shape index (κ2) is 16.4. The molecule has 42 heavy (non-hydrogen) atoms. The van der Waals surface area contributed by atoms with Gasteiger partial charge in [-0.1, -0.05) is 133 Å². The van der Waals surface area contributed by atoms with E-state index in [1.807, 2.05) is 6.07 Å². The largest absolute Gasteiger partial charge is 0.496 e. The third-order valence-electron chi connectivity index (χ3n) is 6.99. The van der Waals surface area contributed by atoms with Crippen LogP contribution in [0.3, 0.4) is 0 Å². The molecule has 0 saturated heterocycles. The molecule has 0 bridgehead atoms. The molecule has 0 spiro atoms. The molecule has 0 heterocycles. The lowest BCUT2D eigenvalue weighted by Gasteiger charge is -2.39. The molecule has 0 fully saturated rings. The molecule has 0 unspecified atom stereocenters. The molecule has 6 radical (unpaired) electrons. The molecule has 3 atom stereocenters. The number of hydrogen-bond donors (Lipinski definition) is 0. The number of nitrogens with zero attached hydrogens (tertiary/aromatic N) is 1. The molecule has 0 amide bonds. The molecule has 0 saturated carbocycles. The van der Waals surface area contributed by atoms with Gasteiger partial charge in [0.25, 0.3) is 0 Å². The Kier molecular flexibility index (Phi) is 13.0. The maximum Gasteiger partial charge on any atom is 0.128 e. The molecule has 0 N–H and O–H groups in total. The van der Waals surface area contributed by atoms with Crippen LogP contribution in [0.15, 0.2) is 146 Å². The van der Waals surface area contributed by atoms with Gasteiger partial charge in [0.2, 0.25) is 0 Å². The highest BCUT2D eigenvalue weighted by atomic mass is 31.1. The van der Waals surface area contributed by atoms with Crippen LogP contribution in [0.25, 0.3) is 0 Å². The van der Waals surface area contributed by atoms with Crippen LogP contribution < -0.4 is 26.0 Å². The zero-order valence-electron chi connectivity index (χ0n) is 24.3. The van der Waals surface area contributed by atoms with Gasteiger partial charge < -0.3 is 9.26 Å². The first-order chi connectivity index (χ1) is 19.7. The Hall–Kier alpha value is -3.19. The fourth-order valence-corrected chi connectivity index (χ4v) is 9.30. The second-order valence-corrected chi connectivity index (χ2v) is 13.6. The van der Waals surface area contributed by atoms with Crippen LogP contribution >= 0.6 is 16.2 Å². The van der Waals surface area contributed by atoms with Crippen LogP contribution in [-0.4, -0.2) is 41.7 Å². The standard InChI is InChI=1S/C35H35NO2P2.2B/c1-28(36(2)39(30-20-10-5-11-21-30)34-27-17-16-26-33(34)37-3)35(29-18-8-4-9-19-29)38-40(31-22-12-6-13-23-31)32-24-14-7-15-25-32;;/h4-28,35H,1-3H3;;/t28-,35-,39+;;/m1../s1. The summed E-state index contributed by atoms with van der Waals surface area (Å²) in [5, 5.41) is 4.88. The fourth-order valence-electron chi connectivity index (χ4n) is 4.82. The van der Waals surface area contributed by atoms with E-state index in [1.54, 1.807) is 7.11 Å². The topological polar surface area (TPSA) is 21.7 Å². The van der Waals surface area contributed by atoms with Gasteiger partial charge in [0.15, 0.2) is 0 Å². The van der Waals surface area contributed by atoms with Crippen LogP contribution in [0.4, 0.5) is 0 Å². The summed E-state index contributed by atoms with van der Waals surface area (Å²) in [6.07, 6.45) is -0.166. The first kappa shape index (κ1) is 33.3. The molecule has 5 aromatic carbocycles. The van der Waals surface area contributed by atoms with Gasteiger partial charge in [0.1, 0.15) is 11.9 Å². The lowest BCUT2D eigenvalue weighted by atomic mass is 10.0. The van der Waals surface area contributed by atoms with Gasteiger partial charge in [-0.15, -0.1) is 0 Å². The third kappa shape index (κ3) is 7.80. The Labute approximate surface area is 257 Å². The highest BCUT2D eigenvalue weighted by molar-refractivity contribution is 7.71. The van der Waals surface area contributed by atoms with Crippen molar-refractivity contribution in [3.05, 3.63) is 151 Å². The van der Waals surface area contributed by atoms with Crippen molar-refractivity contribution >= 4 is 54.3 Å². The Morgan fingerprint density at radius 2 is 1.00 bits per heavy atom. The lowest BCUT2D eigenvalue weighted by Crippen LogP contribution is -2.37. The van der Waals surface area contributed by atoms with E-state index in [0.29, 0.717) is 0 Å². The first-order valence-electron chi connectivity index (χ1n) is 13.5. The average Bonchev–Trinajstić information content (AvgIpc) is 3.03. The van der Waals surface area contributed by atoms with E-state index in [0.717, 1.165) is 5.75 Å². The minimum Gasteiger partial charge on any atom is -0.496 e. The number of ether oxygens (including phenoxy) is 1. The van der Waals surface area contributed by atoms with Crippen molar-refractivity contribution in [3.63, 3.8) is 0 Å². The molecular weight excluding hydrogens is 550 g/mol. The average molecular weight is 585 g/mol. The molecule has 0 aliphatic carbocycles. The monoisotopic (exact) mass is 585 g/mol. The van der Waals surface area contributed by atoms with E-state index in [2.05, 4.69) is 158 Å². The summed E-state index contributed by atoms with van der Waals surface area (Å²) >= 11 is 0. The SMILES string of the molecule is COc1ccccc1[P@](c1ccccc1)N(C)[C@H](C)[C@@H](OP(c1ccccc1)c1ccccc1)c1ccccc1.[B].[B]. The molecule has 0 aromatic heterocycles. The van der Waals surface area contributed by atoms with E-state index in [1.165, 1.54) is 26.8 Å². The molecule has 7 heteroatoms. The van der Waals surface area contributed by atoms with Gasteiger partial charge in [-0.3, -0.25) is 4.67 Å². The fraction of sp³-hybridized carbons (Fsp3) is 0.143. The molecule has 208 valence electrons. The Morgan fingerprint density at radius 1 is 0.571 bits per heavy atom. The zero-order chi connectivity index (χ0) is 27.7. The molecule has 5 rings (SSSR count). The second-order valence-electron chi connectivity index (χ2n) is 9.54. The Morgan fingerprint density at radius 3 is 1.50 bits per heavy atom. The number of rotatable bonds is 11. The smallest absolute Gasteiger partial charge is 0.128 e. The summed E-state index contributed by atoms with van der Waals surface area (Å²) < 4.78 is 15.6. The summed E-state index contributed by atoms with van der Waals surface area (Å²) in [6.45, 7) is 2.29. The molecule has 3 nitrogen and oxygen atoms in total. The maximum atomic E-state index is 7.27. The van der Waals surface area contributed by atoms with Gasteiger partial charge in [0, 0.05) is 46.9 Å². The van der Waals surface area contributed by atoms with Crippen molar-refractivity contribution in [1.29, 1.82) is 0 Å². The van der Waals surface area contributed by atoms with Crippen molar-refractivity contribution in [1.82, 2.24) is 4.67 Å².